The Kier molecular flexibility index (Phi) is 4.03. The topological polar surface area (TPSA) is 57.3 Å². The van der Waals surface area contributed by atoms with Gasteiger partial charge in [-0.05, 0) is 6.26 Å². The van der Waals surface area contributed by atoms with Gasteiger partial charge >= 0.3 is 6.03 Å². The van der Waals surface area contributed by atoms with Crippen LogP contribution in [0.25, 0.3) is 0 Å². The van der Waals surface area contributed by atoms with E-state index in [-0.39, 0.29) is 6.03 Å². The summed E-state index contributed by atoms with van der Waals surface area (Å²) in [5.41, 5.74) is 0. The molecule has 7 heteroatoms. The van der Waals surface area contributed by atoms with Crippen LogP contribution in [-0.2, 0) is 0 Å². The first-order chi connectivity index (χ1) is 7.79. The number of carbonyl (C=O) groups is 1. The molecule has 2 amide bonds. The van der Waals surface area contributed by atoms with Gasteiger partial charge in [-0.1, -0.05) is 0 Å². The van der Waals surface area contributed by atoms with E-state index >= 15 is 0 Å². The maximum absolute atomic E-state index is 11.8. The summed E-state index contributed by atoms with van der Waals surface area (Å²) in [6, 6.07) is -0.0523. The SMILES string of the molecule is CSc1csc(NC(=O)N2CCNCC2)n1. The molecule has 16 heavy (non-hydrogen) atoms. The molecule has 1 aliphatic heterocycles. The molecule has 0 unspecified atom stereocenters. The first-order valence-electron chi connectivity index (χ1n) is 5.06. The zero-order chi connectivity index (χ0) is 11.4. The van der Waals surface area contributed by atoms with E-state index < -0.39 is 0 Å². The van der Waals surface area contributed by atoms with Crippen LogP contribution >= 0.6 is 23.1 Å². The van der Waals surface area contributed by atoms with Gasteiger partial charge in [0.1, 0.15) is 5.03 Å². The van der Waals surface area contributed by atoms with Gasteiger partial charge in [0.25, 0.3) is 0 Å². The van der Waals surface area contributed by atoms with Gasteiger partial charge in [0, 0.05) is 31.6 Å². The summed E-state index contributed by atoms with van der Waals surface area (Å²) in [6.07, 6.45) is 1.97. The van der Waals surface area contributed by atoms with Crippen LogP contribution in [0.1, 0.15) is 0 Å². The van der Waals surface area contributed by atoms with Crippen LogP contribution in [0.15, 0.2) is 10.4 Å². The van der Waals surface area contributed by atoms with E-state index in [1.165, 1.54) is 11.3 Å². The summed E-state index contributed by atoms with van der Waals surface area (Å²) in [4.78, 5) is 17.9. The average Bonchev–Trinajstić information content (AvgIpc) is 2.78. The molecule has 0 radical (unpaired) electrons. The van der Waals surface area contributed by atoms with E-state index in [1.54, 1.807) is 16.7 Å². The fourth-order valence-electron chi connectivity index (χ4n) is 1.45. The number of carbonyl (C=O) groups excluding carboxylic acids is 1. The van der Waals surface area contributed by atoms with Crippen LogP contribution < -0.4 is 10.6 Å². The lowest BCUT2D eigenvalue weighted by atomic mass is 10.4. The molecule has 2 heterocycles. The number of piperazine rings is 1. The summed E-state index contributed by atoms with van der Waals surface area (Å²) in [7, 11) is 0. The number of aromatic nitrogens is 1. The highest BCUT2D eigenvalue weighted by molar-refractivity contribution is 7.98. The Balaban J connectivity index is 1.90. The molecule has 2 N–H and O–H groups in total. The van der Waals surface area contributed by atoms with Crippen molar-refractivity contribution in [3.63, 3.8) is 0 Å². The van der Waals surface area contributed by atoms with Crippen molar-refractivity contribution in [3.05, 3.63) is 5.38 Å². The van der Waals surface area contributed by atoms with Crippen LogP contribution in [0.5, 0.6) is 0 Å². The van der Waals surface area contributed by atoms with Crippen LogP contribution in [0, 0.1) is 0 Å². The van der Waals surface area contributed by atoms with Crippen molar-refractivity contribution < 1.29 is 4.79 Å². The molecule has 1 fully saturated rings. The third kappa shape index (κ3) is 2.87. The Morgan fingerprint density at radius 2 is 2.38 bits per heavy atom. The van der Waals surface area contributed by atoms with Crippen LogP contribution in [0.2, 0.25) is 0 Å². The Bertz CT molecular complexity index is 362. The van der Waals surface area contributed by atoms with Crippen molar-refractivity contribution in [3.8, 4) is 0 Å². The van der Waals surface area contributed by atoms with Crippen molar-refractivity contribution in [2.45, 2.75) is 5.03 Å². The number of nitrogens with one attached hydrogen (secondary N) is 2. The monoisotopic (exact) mass is 258 g/mol. The Morgan fingerprint density at radius 1 is 1.62 bits per heavy atom. The third-order valence-electron chi connectivity index (χ3n) is 2.31. The minimum Gasteiger partial charge on any atom is -0.322 e. The molecule has 2 rings (SSSR count). The Hall–Kier alpha value is -0.790. The molecule has 0 aromatic carbocycles. The normalized spacial score (nSPS) is 16.2. The molecule has 1 saturated heterocycles. The van der Waals surface area contributed by atoms with E-state index in [9.17, 15) is 4.79 Å². The van der Waals surface area contributed by atoms with E-state index in [2.05, 4.69) is 15.6 Å². The second kappa shape index (κ2) is 5.51. The molecule has 0 bridgehead atoms. The van der Waals surface area contributed by atoms with Crippen molar-refractivity contribution in [1.82, 2.24) is 15.2 Å². The van der Waals surface area contributed by atoms with Crippen molar-refractivity contribution in [1.29, 1.82) is 0 Å². The van der Waals surface area contributed by atoms with Crippen molar-refractivity contribution >= 4 is 34.3 Å². The summed E-state index contributed by atoms with van der Waals surface area (Å²) in [5, 5.41) is 9.59. The fraction of sp³-hybridized carbons (Fsp3) is 0.556. The highest BCUT2D eigenvalue weighted by Gasteiger charge is 2.16. The van der Waals surface area contributed by atoms with Crippen LogP contribution in [0.4, 0.5) is 9.93 Å². The molecule has 5 nitrogen and oxygen atoms in total. The molecule has 0 saturated carbocycles. The largest absolute Gasteiger partial charge is 0.323 e. The second-order valence-corrected chi connectivity index (χ2v) is 5.05. The predicted molar refractivity (Wildman–Crippen MR) is 67.4 cm³/mol. The summed E-state index contributed by atoms with van der Waals surface area (Å²) < 4.78 is 0. The molecule has 1 aliphatic rings. The number of rotatable bonds is 2. The molecular weight excluding hydrogens is 244 g/mol. The summed E-state index contributed by atoms with van der Waals surface area (Å²) in [6.45, 7) is 3.24. The fourth-order valence-corrected chi connectivity index (χ4v) is 2.78. The maximum Gasteiger partial charge on any atom is 0.323 e. The molecule has 0 atom stereocenters. The second-order valence-electron chi connectivity index (χ2n) is 3.36. The van der Waals surface area contributed by atoms with Gasteiger partial charge in [0.15, 0.2) is 5.13 Å². The lowest BCUT2D eigenvalue weighted by Crippen LogP contribution is -2.48. The van der Waals surface area contributed by atoms with Crippen molar-refractivity contribution in [2.75, 3.05) is 37.8 Å². The van der Waals surface area contributed by atoms with E-state index in [0.29, 0.717) is 5.13 Å². The van der Waals surface area contributed by atoms with E-state index in [4.69, 9.17) is 0 Å². The summed E-state index contributed by atoms with van der Waals surface area (Å²) >= 11 is 3.04. The smallest absolute Gasteiger partial charge is 0.322 e. The third-order valence-corrected chi connectivity index (χ3v) is 3.84. The van der Waals surface area contributed by atoms with Crippen LogP contribution in [0.3, 0.4) is 0 Å². The van der Waals surface area contributed by atoms with E-state index in [0.717, 1.165) is 31.2 Å². The average molecular weight is 258 g/mol. The Labute approximate surface area is 103 Å². The Morgan fingerprint density at radius 3 is 3.00 bits per heavy atom. The molecule has 1 aromatic heterocycles. The number of thiazole rings is 1. The molecule has 0 spiro atoms. The number of hydrogen-bond donors (Lipinski definition) is 2. The van der Waals surface area contributed by atoms with Crippen LogP contribution in [-0.4, -0.2) is 48.3 Å². The maximum atomic E-state index is 11.8. The number of nitrogens with zero attached hydrogens (tertiary/aromatic N) is 2. The number of urea groups is 1. The number of hydrogen-bond acceptors (Lipinski definition) is 5. The predicted octanol–water partition coefficient (Wildman–Crippen LogP) is 1.30. The number of anilines is 1. The molecule has 1 aromatic rings. The first kappa shape index (κ1) is 11.7. The zero-order valence-electron chi connectivity index (χ0n) is 9.02. The van der Waals surface area contributed by atoms with Gasteiger partial charge in [-0.15, -0.1) is 23.1 Å². The lowest BCUT2D eigenvalue weighted by Gasteiger charge is -2.26. The van der Waals surface area contributed by atoms with Gasteiger partial charge in [-0.2, -0.15) is 0 Å². The number of amides is 2. The van der Waals surface area contributed by atoms with Gasteiger partial charge in [-0.3, -0.25) is 5.32 Å². The van der Waals surface area contributed by atoms with Gasteiger partial charge in [0.05, 0.1) is 0 Å². The molecule has 0 aliphatic carbocycles. The highest BCUT2D eigenvalue weighted by Crippen LogP contribution is 2.22. The quantitative estimate of drug-likeness (QED) is 0.785. The van der Waals surface area contributed by atoms with Crippen molar-refractivity contribution in [2.24, 2.45) is 0 Å². The number of thioether (sulfide) groups is 1. The lowest BCUT2D eigenvalue weighted by molar-refractivity contribution is 0.204. The first-order valence-corrected chi connectivity index (χ1v) is 7.16. The molecule has 88 valence electrons. The van der Waals surface area contributed by atoms with E-state index in [1.807, 2.05) is 11.6 Å². The van der Waals surface area contributed by atoms with Gasteiger partial charge in [0.2, 0.25) is 0 Å². The zero-order valence-corrected chi connectivity index (χ0v) is 10.7. The minimum atomic E-state index is -0.0523. The standard InChI is InChI=1S/C9H14N4OS2/c1-15-7-6-16-8(11-7)12-9(14)13-4-2-10-3-5-13/h6,10H,2-5H2,1H3,(H,11,12,14). The van der Waals surface area contributed by atoms with Gasteiger partial charge < -0.3 is 10.2 Å². The highest BCUT2D eigenvalue weighted by atomic mass is 32.2. The van der Waals surface area contributed by atoms with Gasteiger partial charge in [-0.25, -0.2) is 9.78 Å². The summed E-state index contributed by atoms with van der Waals surface area (Å²) in [5.74, 6) is 0. The minimum absolute atomic E-state index is 0.0523. The molecular formula is C9H14N4OS2.